The van der Waals surface area contributed by atoms with E-state index in [0.717, 1.165) is 22.6 Å². The third-order valence-electron chi connectivity index (χ3n) is 3.40. The summed E-state index contributed by atoms with van der Waals surface area (Å²) in [6, 6.07) is 11.8. The van der Waals surface area contributed by atoms with E-state index in [1.54, 1.807) is 30.2 Å². The molecule has 3 rings (SSSR count). The van der Waals surface area contributed by atoms with Gasteiger partial charge in [0.2, 0.25) is 0 Å². The predicted octanol–water partition coefficient (Wildman–Crippen LogP) is 4.27. The Labute approximate surface area is 138 Å². The van der Waals surface area contributed by atoms with Gasteiger partial charge in [0.05, 0.1) is 23.4 Å². The van der Waals surface area contributed by atoms with Crippen molar-refractivity contribution in [3.63, 3.8) is 0 Å². The maximum atomic E-state index is 10.2. The molecule has 1 atom stereocenters. The SMILES string of the molecule is COc1ccc(C(O)CSCc2cnc3ccsc3c2)cc1. The molecule has 1 aromatic carbocycles. The zero-order valence-corrected chi connectivity index (χ0v) is 13.9. The van der Waals surface area contributed by atoms with Crippen molar-refractivity contribution in [1.82, 2.24) is 4.98 Å². The van der Waals surface area contributed by atoms with Gasteiger partial charge in [0.25, 0.3) is 0 Å². The summed E-state index contributed by atoms with van der Waals surface area (Å²) < 4.78 is 6.34. The highest BCUT2D eigenvalue weighted by molar-refractivity contribution is 7.98. The Kier molecular flexibility index (Phi) is 4.97. The van der Waals surface area contributed by atoms with Gasteiger partial charge in [-0.3, -0.25) is 4.98 Å². The van der Waals surface area contributed by atoms with E-state index in [1.165, 1.54) is 10.3 Å². The predicted molar refractivity (Wildman–Crippen MR) is 93.7 cm³/mol. The van der Waals surface area contributed by atoms with Gasteiger partial charge in [0, 0.05) is 17.7 Å². The number of aromatic nitrogens is 1. The van der Waals surface area contributed by atoms with Crippen LogP contribution < -0.4 is 4.74 Å². The van der Waals surface area contributed by atoms with Gasteiger partial charge in [0.15, 0.2) is 0 Å². The summed E-state index contributed by atoms with van der Waals surface area (Å²) in [4.78, 5) is 4.44. The number of ether oxygens (including phenoxy) is 1. The summed E-state index contributed by atoms with van der Waals surface area (Å²) in [7, 11) is 1.64. The normalized spacial score (nSPS) is 12.5. The van der Waals surface area contributed by atoms with Gasteiger partial charge in [0.1, 0.15) is 5.75 Å². The number of aliphatic hydroxyl groups is 1. The lowest BCUT2D eigenvalue weighted by Crippen LogP contribution is -2.01. The molecule has 0 aliphatic rings. The van der Waals surface area contributed by atoms with Gasteiger partial charge in [-0.15, -0.1) is 11.3 Å². The Bertz CT molecular complexity index is 740. The first-order chi connectivity index (χ1) is 10.8. The molecule has 3 aromatic rings. The Morgan fingerprint density at radius 3 is 2.86 bits per heavy atom. The summed E-state index contributed by atoms with van der Waals surface area (Å²) in [5.74, 6) is 2.32. The number of benzene rings is 1. The first kappa shape index (κ1) is 15.3. The quantitative estimate of drug-likeness (QED) is 0.732. The summed E-state index contributed by atoms with van der Waals surface area (Å²) in [5, 5.41) is 12.3. The average Bonchev–Trinajstić information content (AvgIpc) is 3.02. The van der Waals surface area contributed by atoms with Crippen LogP contribution in [0.4, 0.5) is 0 Å². The van der Waals surface area contributed by atoms with Crippen molar-refractivity contribution in [3.05, 3.63) is 59.1 Å². The number of methoxy groups -OCH3 is 1. The fraction of sp³-hybridized carbons (Fsp3) is 0.235. The number of hydrogen-bond donors (Lipinski definition) is 1. The fourth-order valence-electron chi connectivity index (χ4n) is 2.18. The van der Waals surface area contributed by atoms with E-state index in [2.05, 4.69) is 16.4 Å². The number of thiophene rings is 1. The lowest BCUT2D eigenvalue weighted by Gasteiger charge is -2.11. The zero-order chi connectivity index (χ0) is 15.4. The minimum absolute atomic E-state index is 0.464. The van der Waals surface area contributed by atoms with Crippen molar-refractivity contribution >= 4 is 33.3 Å². The molecule has 0 amide bonds. The molecule has 0 aliphatic heterocycles. The number of fused-ring (bicyclic) bond motifs is 1. The van der Waals surface area contributed by atoms with Crippen LogP contribution >= 0.6 is 23.1 Å². The van der Waals surface area contributed by atoms with Crippen molar-refractivity contribution in [2.75, 3.05) is 12.9 Å². The summed E-state index contributed by atoms with van der Waals surface area (Å²) >= 11 is 3.42. The Morgan fingerprint density at radius 1 is 1.27 bits per heavy atom. The molecule has 0 saturated heterocycles. The van der Waals surface area contributed by atoms with Crippen molar-refractivity contribution in [3.8, 4) is 5.75 Å². The topological polar surface area (TPSA) is 42.4 Å². The lowest BCUT2D eigenvalue weighted by molar-refractivity contribution is 0.204. The lowest BCUT2D eigenvalue weighted by atomic mass is 10.1. The van der Waals surface area contributed by atoms with E-state index in [0.29, 0.717) is 5.75 Å². The van der Waals surface area contributed by atoms with Gasteiger partial charge in [-0.25, -0.2) is 0 Å². The molecule has 2 heterocycles. The van der Waals surface area contributed by atoms with Crippen molar-refractivity contribution in [2.24, 2.45) is 0 Å². The van der Waals surface area contributed by atoms with Crippen LogP contribution in [-0.4, -0.2) is 23.0 Å². The van der Waals surface area contributed by atoms with E-state index in [9.17, 15) is 5.11 Å². The first-order valence-corrected chi connectivity index (χ1v) is 9.01. The molecule has 0 bridgehead atoms. The maximum absolute atomic E-state index is 10.2. The number of nitrogens with zero attached hydrogens (tertiary/aromatic N) is 1. The van der Waals surface area contributed by atoms with Crippen LogP contribution in [0.3, 0.4) is 0 Å². The third kappa shape index (κ3) is 3.61. The minimum Gasteiger partial charge on any atom is -0.497 e. The monoisotopic (exact) mass is 331 g/mol. The third-order valence-corrected chi connectivity index (χ3v) is 5.35. The van der Waals surface area contributed by atoms with Crippen molar-refractivity contribution in [1.29, 1.82) is 0 Å². The van der Waals surface area contributed by atoms with Gasteiger partial charge >= 0.3 is 0 Å². The van der Waals surface area contributed by atoms with Crippen LogP contribution in [0.2, 0.25) is 0 Å². The second kappa shape index (κ2) is 7.13. The first-order valence-electron chi connectivity index (χ1n) is 6.98. The zero-order valence-electron chi connectivity index (χ0n) is 12.2. The molecule has 0 spiro atoms. The van der Waals surface area contributed by atoms with E-state index in [-0.39, 0.29) is 0 Å². The molecule has 0 aliphatic carbocycles. The molecule has 0 radical (unpaired) electrons. The van der Waals surface area contributed by atoms with Crippen LogP contribution in [0, 0.1) is 0 Å². The standard InChI is InChI=1S/C17H17NO2S2/c1-20-14-4-2-13(3-5-14)16(19)11-21-10-12-8-17-15(18-9-12)6-7-22-17/h2-9,16,19H,10-11H2,1H3. The molecular weight excluding hydrogens is 314 g/mol. The molecule has 0 saturated carbocycles. The molecule has 3 nitrogen and oxygen atoms in total. The van der Waals surface area contributed by atoms with Gasteiger partial charge in [-0.1, -0.05) is 12.1 Å². The van der Waals surface area contributed by atoms with Crippen LogP contribution in [0.15, 0.2) is 48.0 Å². The van der Waals surface area contributed by atoms with Crippen LogP contribution in [-0.2, 0) is 5.75 Å². The van der Waals surface area contributed by atoms with Crippen LogP contribution in [0.1, 0.15) is 17.2 Å². The van der Waals surface area contributed by atoms with Gasteiger partial charge in [-0.05, 0) is 40.8 Å². The maximum Gasteiger partial charge on any atom is 0.118 e. The Hall–Kier alpha value is -1.56. The van der Waals surface area contributed by atoms with Crippen LogP contribution in [0.25, 0.3) is 10.2 Å². The smallest absolute Gasteiger partial charge is 0.118 e. The van der Waals surface area contributed by atoms with E-state index in [1.807, 2.05) is 36.5 Å². The molecule has 22 heavy (non-hydrogen) atoms. The molecular formula is C17H17NO2S2. The fourth-order valence-corrected chi connectivity index (χ4v) is 3.91. The molecule has 114 valence electrons. The molecule has 0 fully saturated rings. The second-order valence-electron chi connectivity index (χ2n) is 4.95. The van der Waals surface area contributed by atoms with E-state index in [4.69, 9.17) is 4.74 Å². The van der Waals surface area contributed by atoms with Gasteiger partial charge in [-0.2, -0.15) is 11.8 Å². The highest BCUT2D eigenvalue weighted by atomic mass is 32.2. The molecule has 2 aromatic heterocycles. The Morgan fingerprint density at radius 2 is 2.09 bits per heavy atom. The Balaban J connectivity index is 1.55. The summed E-state index contributed by atoms with van der Waals surface area (Å²) in [5.41, 5.74) is 3.17. The van der Waals surface area contributed by atoms with Crippen molar-refractivity contribution < 1.29 is 9.84 Å². The molecule has 1 N–H and O–H groups in total. The number of thioether (sulfide) groups is 1. The number of pyridine rings is 1. The highest BCUT2D eigenvalue weighted by Crippen LogP contribution is 2.25. The van der Waals surface area contributed by atoms with Gasteiger partial charge < -0.3 is 9.84 Å². The van der Waals surface area contributed by atoms with E-state index < -0.39 is 6.10 Å². The number of aliphatic hydroxyl groups excluding tert-OH is 1. The molecule has 1 unspecified atom stereocenters. The summed E-state index contributed by atoms with van der Waals surface area (Å²) in [6.45, 7) is 0. The summed E-state index contributed by atoms with van der Waals surface area (Å²) in [6.07, 6.45) is 1.45. The van der Waals surface area contributed by atoms with E-state index >= 15 is 0 Å². The second-order valence-corrected chi connectivity index (χ2v) is 6.93. The largest absolute Gasteiger partial charge is 0.497 e. The van der Waals surface area contributed by atoms with Crippen LogP contribution in [0.5, 0.6) is 5.75 Å². The highest BCUT2D eigenvalue weighted by Gasteiger charge is 2.08. The van der Waals surface area contributed by atoms with Crippen molar-refractivity contribution in [2.45, 2.75) is 11.9 Å². The molecule has 5 heteroatoms. The minimum atomic E-state index is -0.464. The average molecular weight is 331 g/mol. The number of rotatable bonds is 6. The number of hydrogen-bond acceptors (Lipinski definition) is 5.